The smallest absolute Gasteiger partial charge is 0.173 e. The summed E-state index contributed by atoms with van der Waals surface area (Å²) < 4.78 is 45.4. The number of imidazole rings is 1. The molecule has 2 N–H and O–H groups in total. The van der Waals surface area contributed by atoms with E-state index in [4.69, 9.17) is 23.2 Å². The van der Waals surface area contributed by atoms with Gasteiger partial charge in [0.15, 0.2) is 5.16 Å². The Labute approximate surface area is 232 Å². The van der Waals surface area contributed by atoms with Gasteiger partial charge in [-0.2, -0.15) is 0 Å². The lowest BCUT2D eigenvalue weighted by molar-refractivity contribution is 0.275. The third kappa shape index (κ3) is 5.45. The summed E-state index contributed by atoms with van der Waals surface area (Å²) >= 11 is 13.5. The summed E-state index contributed by atoms with van der Waals surface area (Å²) in [5.41, 5.74) is 1.16. The number of halogens is 5. The van der Waals surface area contributed by atoms with Crippen LogP contribution in [-0.4, -0.2) is 19.8 Å². The van der Waals surface area contributed by atoms with Crippen molar-refractivity contribution in [2.75, 3.05) is 0 Å². The zero-order chi connectivity index (χ0) is 27.8. The minimum Gasteiger partial charge on any atom is -0.508 e. The molecule has 1 heterocycles. The van der Waals surface area contributed by atoms with E-state index in [-0.39, 0.29) is 22.4 Å². The molecule has 4 rings (SSSR count). The lowest BCUT2D eigenvalue weighted by Crippen LogP contribution is -2.23. The highest BCUT2D eigenvalue weighted by Crippen LogP contribution is 2.39. The maximum atomic E-state index is 14.7. The molecule has 0 radical (unpaired) electrons. The van der Waals surface area contributed by atoms with E-state index in [1.807, 2.05) is 19.9 Å². The van der Waals surface area contributed by atoms with Crippen LogP contribution in [0.4, 0.5) is 13.2 Å². The minimum absolute atomic E-state index is 0.0521. The fourth-order valence-electron chi connectivity index (χ4n) is 4.03. The number of aromatic nitrogens is 2. The monoisotopic (exact) mass is 578 g/mol. The number of rotatable bonds is 8. The molecule has 10 heteroatoms. The van der Waals surface area contributed by atoms with Crippen LogP contribution in [0.25, 0.3) is 11.4 Å². The van der Waals surface area contributed by atoms with E-state index in [1.54, 1.807) is 22.9 Å². The summed E-state index contributed by atoms with van der Waals surface area (Å²) in [6.45, 7) is 6.69. The van der Waals surface area contributed by atoms with Gasteiger partial charge in [0, 0.05) is 33.5 Å². The van der Waals surface area contributed by atoms with Crippen LogP contribution in [0.2, 0.25) is 10.0 Å². The van der Waals surface area contributed by atoms with Gasteiger partial charge < -0.3 is 10.2 Å². The molecule has 0 amide bonds. The molecule has 0 unspecified atom stereocenters. The minimum atomic E-state index is -0.832. The van der Waals surface area contributed by atoms with E-state index in [2.05, 4.69) is 11.6 Å². The lowest BCUT2D eigenvalue weighted by Gasteiger charge is -2.28. The third-order valence-electron chi connectivity index (χ3n) is 6.29. The van der Waals surface area contributed by atoms with Gasteiger partial charge in [-0.25, -0.2) is 18.2 Å². The number of hydrogen-bond acceptors (Lipinski definition) is 4. The van der Waals surface area contributed by atoms with Gasteiger partial charge in [0.05, 0.1) is 28.5 Å². The van der Waals surface area contributed by atoms with Gasteiger partial charge >= 0.3 is 0 Å². The van der Waals surface area contributed by atoms with Crippen molar-refractivity contribution >= 4 is 40.7 Å². The Morgan fingerprint density at radius 3 is 2.29 bits per heavy atom. The molecule has 3 aromatic carbocycles. The first kappa shape index (κ1) is 28.1. The zero-order valence-electron chi connectivity index (χ0n) is 20.4. The largest absolute Gasteiger partial charge is 0.508 e. The molecule has 4 nitrogen and oxygen atoms in total. The van der Waals surface area contributed by atoms with Crippen LogP contribution in [0.1, 0.15) is 41.8 Å². The average molecular weight is 579 g/mol. The lowest BCUT2D eigenvalue weighted by atomic mass is 9.81. The normalized spacial score (nSPS) is 11.7. The standard InChI is InChI=1S/C28H23Cl2F3N2O2S/c1-15(37)16-9-24(32)20(25(33)10-16)14-38-27-34-12-26(28(2,3)18-4-6-21(29)22(30)11-18)35(27)19-5-7-23(31)17(8-19)13-36/h4-12,36-37H,1,13-14H2,2-3H3. The second-order valence-corrected chi connectivity index (χ2v) is 10.9. The molecule has 0 saturated heterocycles. The maximum Gasteiger partial charge on any atom is 0.173 e. The average Bonchev–Trinajstić information content (AvgIpc) is 3.30. The quantitative estimate of drug-likeness (QED) is 0.163. The SMILES string of the molecule is C=C(O)c1cc(F)c(CSc2ncc(C(C)(C)c3ccc(Cl)c(Cl)c3)n2-c2ccc(F)c(CO)c2)c(F)c1. The Balaban J connectivity index is 1.82. The van der Waals surface area contributed by atoms with Crippen LogP contribution in [0.3, 0.4) is 0 Å². The van der Waals surface area contributed by atoms with Crippen molar-refractivity contribution in [3.8, 4) is 5.69 Å². The Hall–Kier alpha value is -2.91. The molecule has 0 bridgehead atoms. The predicted molar refractivity (Wildman–Crippen MR) is 146 cm³/mol. The fraction of sp³-hybridized carbons (Fsp3) is 0.179. The summed E-state index contributed by atoms with van der Waals surface area (Å²) in [5, 5.41) is 20.3. The first-order valence-corrected chi connectivity index (χ1v) is 13.1. The Kier molecular flexibility index (Phi) is 8.18. The van der Waals surface area contributed by atoms with Crippen LogP contribution in [0, 0.1) is 17.5 Å². The van der Waals surface area contributed by atoms with Gasteiger partial charge in [0.2, 0.25) is 0 Å². The summed E-state index contributed by atoms with van der Waals surface area (Å²) in [4.78, 5) is 4.53. The van der Waals surface area contributed by atoms with Crippen LogP contribution >= 0.6 is 35.0 Å². The van der Waals surface area contributed by atoms with Crippen LogP contribution in [-0.2, 0) is 17.8 Å². The highest BCUT2D eigenvalue weighted by molar-refractivity contribution is 7.98. The summed E-state index contributed by atoms with van der Waals surface area (Å²) in [6.07, 6.45) is 1.64. The molecule has 1 aromatic heterocycles. The van der Waals surface area contributed by atoms with Gasteiger partial charge in [-0.05, 0) is 48.0 Å². The molecule has 0 spiro atoms. The number of nitrogens with zero attached hydrogens (tertiary/aromatic N) is 2. The van der Waals surface area contributed by atoms with Crippen molar-refractivity contribution in [1.29, 1.82) is 0 Å². The Morgan fingerprint density at radius 2 is 1.68 bits per heavy atom. The van der Waals surface area contributed by atoms with Gasteiger partial charge in [0.1, 0.15) is 23.2 Å². The van der Waals surface area contributed by atoms with Crippen molar-refractivity contribution in [3.05, 3.63) is 117 Å². The number of benzene rings is 3. The van der Waals surface area contributed by atoms with Crippen molar-refractivity contribution in [3.63, 3.8) is 0 Å². The molecule has 198 valence electrons. The molecule has 0 aliphatic carbocycles. The van der Waals surface area contributed by atoms with E-state index in [1.165, 1.54) is 18.2 Å². The van der Waals surface area contributed by atoms with Gasteiger partial charge in [-0.3, -0.25) is 4.57 Å². The van der Waals surface area contributed by atoms with Gasteiger partial charge in [-0.15, -0.1) is 0 Å². The number of hydrogen-bond donors (Lipinski definition) is 2. The Bertz CT molecular complexity index is 1520. The van der Waals surface area contributed by atoms with Crippen LogP contribution in [0.15, 0.2) is 66.5 Å². The molecule has 0 aliphatic rings. The third-order valence-corrected chi connectivity index (χ3v) is 8.01. The second kappa shape index (κ2) is 11.1. The van der Waals surface area contributed by atoms with Crippen molar-refractivity contribution < 1.29 is 23.4 Å². The molecule has 0 atom stereocenters. The van der Waals surface area contributed by atoms with Gasteiger partial charge in [-0.1, -0.05) is 61.5 Å². The molecule has 0 saturated carbocycles. The highest BCUT2D eigenvalue weighted by Gasteiger charge is 2.30. The Morgan fingerprint density at radius 1 is 1.00 bits per heavy atom. The number of thioether (sulfide) groups is 1. The molecule has 0 aliphatic heterocycles. The fourth-order valence-corrected chi connectivity index (χ4v) is 5.33. The maximum absolute atomic E-state index is 14.7. The number of aliphatic hydroxyl groups is 2. The van der Waals surface area contributed by atoms with E-state index in [0.717, 1.165) is 29.5 Å². The van der Waals surface area contributed by atoms with Crippen LogP contribution in [0.5, 0.6) is 0 Å². The highest BCUT2D eigenvalue weighted by atomic mass is 35.5. The van der Waals surface area contributed by atoms with E-state index in [0.29, 0.717) is 26.6 Å². The van der Waals surface area contributed by atoms with Gasteiger partial charge in [0.25, 0.3) is 0 Å². The summed E-state index contributed by atoms with van der Waals surface area (Å²) in [7, 11) is 0. The molecule has 38 heavy (non-hydrogen) atoms. The molecule has 4 aromatic rings. The zero-order valence-corrected chi connectivity index (χ0v) is 22.7. The van der Waals surface area contributed by atoms with Crippen LogP contribution < -0.4 is 0 Å². The first-order valence-electron chi connectivity index (χ1n) is 11.4. The summed E-state index contributed by atoms with van der Waals surface area (Å²) in [5.74, 6) is -2.79. The second-order valence-electron chi connectivity index (χ2n) is 9.10. The predicted octanol–water partition coefficient (Wildman–Crippen LogP) is 8.24. The van der Waals surface area contributed by atoms with E-state index >= 15 is 0 Å². The topological polar surface area (TPSA) is 58.3 Å². The van der Waals surface area contributed by atoms with E-state index in [9.17, 15) is 23.4 Å². The van der Waals surface area contributed by atoms with E-state index < -0.39 is 35.2 Å². The molecule has 0 fully saturated rings. The first-order chi connectivity index (χ1) is 17.9. The molecular formula is C28H23Cl2F3N2O2S. The number of aliphatic hydroxyl groups excluding tert-OH is 2. The summed E-state index contributed by atoms with van der Waals surface area (Å²) in [6, 6.07) is 11.6. The van der Waals surface area contributed by atoms with Crippen molar-refractivity contribution in [2.24, 2.45) is 0 Å². The van der Waals surface area contributed by atoms with Crippen molar-refractivity contribution in [1.82, 2.24) is 9.55 Å². The van der Waals surface area contributed by atoms with Crippen molar-refractivity contribution in [2.45, 2.75) is 36.8 Å². The molecular weight excluding hydrogens is 556 g/mol.